The fourth-order valence-corrected chi connectivity index (χ4v) is 3.28. The van der Waals surface area contributed by atoms with Gasteiger partial charge in [-0.3, -0.25) is 4.79 Å². The Bertz CT molecular complexity index is 723. The van der Waals surface area contributed by atoms with Gasteiger partial charge < -0.3 is 10.1 Å². The predicted molar refractivity (Wildman–Crippen MR) is 90.1 cm³/mol. The standard InChI is InChI=1S/C16H16ClNO3S/c1-3-21-16(20)10(2)18-14(19)9-8-13-15(17)11-6-4-5-7-12(11)22-13/h4-10H,3H2,1-2H3,(H,18,19)/b9-8+. The smallest absolute Gasteiger partial charge is 0.328 e. The lowest BCUT2D eigenvalue weighted by Gasteiger charge is -2.10. The first-order chi connectivity index (χ1) is 10.5. The van der Waals surface area contributed by atoms with Crippen LogP contribution in [0.3, 0.4) is 0 Å². The van der Waals surface area contributed by atoms with E-state index in [0.29, 0.717) is 5.02 Å². The number of rotatable bonds is 5. The Kier molecular flexibility index (Phi) is 5.57. The first-order valence-electron chi connectivity index (χ1n) is 6.85. The van der Waals surface area contributed by atoms with Gasteiger partial charge in [-0.2, -0.15) is 0 Å². The van der Waals surface area contributed by atoms with Crippen LogP contribution >= 0.6 is 22.9 Å². The molecular weight excluding hydrogens is 322 g/mol. The molecule has 0 radical (unpaired) electrons. The molecule has 4 nitrogen and oxygen atoms in total. The van der Waals surface area contributed by atoms with Crippen LogP contribution in [0, 0.1) is 0 Å². The van der Waals surface area contributed by atoms with Crippen molar-refractivity contribution in [2.75, 3.05) is 6.61 Å². The summed E-state index contributed by atoms with van der Waals surface area (Å²) < 4.78 is 5.89. The fourth-order valence-electron chi connectivity index (χ4n) is 1.88. The Labute approximate surface area is 137 Å². The highest BCUT2D eigenvalue weighted by molar-refractivity contribution is 7.20. The zero-order valence-electron chi connectivity index (χ0n) is 12.3. The Balaban J connectivity index is 2.05. The number of fused-ring (bicyclic) bond motifs is 1. The molecule has 0 saturated carbocycles. The van der Waals surface area contributed by atoms with E-state index < -0.39 is 12.0 Å². The normalized spacial score (nSPS) is 12.5. The number of amides is 1. The van der Waals surface area contributed by atoms with E-state index in [9.17, 15) is 9.59 Å². The minimum Gasteiger partial charge on any atom is -0.464 e. The molecule has 0 fully saturated rings. The summed E-state index contributed by atoms with van der Waals surface area (Å²) in [6.07, 6.45) is 3.02. The number of nitrogens with one attached hydrogen (secondary N) is 1. The summed E-state index contributed by atoms with van der Waals surface area (Å²) in [5.41, 5.74) is 0. The van der Waals surface area contributed by atoms with Crippen LogP contribution in [0.1, 0.15) is 18.7 Å². The molecule has 0 aliphatic heterocycles. The van der Waals surface area contributed by atoms with Crippen LogP contribution in [0.15, 0.2) is 30.3 Å². The number of hydrogen-bond acceptors (Lipinski definition) is 4. The second-order valence-electron chi connectivity index (χ2n) is 4.59. The van der Waals surface area contributed by atoms with E-state index >= 15 is 0 Å². The molecule has 1 amide bonds. The largest absolute Gasteiger partial charge is 0.464 e. The van der Waals surface area contributed by atoms with Crippen LogP contribution in [0.25, 0.3) is 16.2 Å². The SMILES string of the molecule is CCOC(=O)C(C)NC(=O)/C=C/c1sc2ccccc2c1Cl. The minimum absolute atomic E-state index is 0.284. The molecule has 1 unspecified atom stereocenters. The average molecular weight is 338 g/mol. The molecule has 1 heterocycles. The lowest BCUT2D eigenvalue weighted by molar-refractivity contribution is -0.146. The first kappa shape index (κ1) is 16.5. The molecule has 0 aliphatic rings. The molecule has 2 rings (SSSR count). The van der Waals surface area contributed by atoms with Gasteiger partial charge in [0.2, 0.25) is 5.91 Å². The number of hydrogen-bond donors (Lipinski definition) is 1. The monoisotopic (exact) mass is 337 g/mol. The van der Waals surface area contributed by atoms with Crippen LogP contribution < -0.4 is 5.32 Å². The topological polar surface area (TPSA) is 55.4 Å². The molecule has 1 aromatic carbocycles. The highest BCUT2D eigenvalue weighted by atomic mass is 35.5. The summed E-state index contributed by atoms with van der Waals surface area (Å²) in [6, 6.07) is 7.09. The average Bonchev–Trinajstić information content (AvgIpc) is 2.82. The van der Waals surface area contributed by atoms with Gasteiger partial charge in [-0.05, 0) is 26.0 Å². The number of benzene rings is 1. The molecule has 1 atom stereocenters. The molecule has 22 heavy (non-hydrogen) atoms. The Hall–Kier alpha value is -1.85. The van der Waals surface area contributed by atoms with Crippen molar-refractivity contribution in [1.82, 2.24) is 5.32 Å². The number of halogens is 1. The van der Waals surface area contributed by atoms with Crippen molar-refractivity contribution in [3.63, 3.8) is 0 Å². The zero-order valence-corrected chi connectivity index (χ0v) is 13.8. The molecule has 116 valence electrons. The van der Waals surface area contributed by atoms with Crippen molar-refractivity contribution < 1.29 is 14.3 Å². The maximum absolute atomic E-state index is 11.8. The molecular formula is C16H16ClNO3S. The van der Waals surface area contributed by atoms with E-state index in [4.69, 9.17) is 16.3 Å². The number of ether oxygens (including phenoxy) is 1. The van der Waals surface area contributed by atoms with E-state index in [2.05, 4.69) is 5.32 Å². The van der Waals surface area contributed by atoms with Gasteiger partial charge in [-0.25, -0.2) is 4.79 Å². The van der Waals surface area contributed by atoms with Gasteiger partial charge >= 0.3 is 5.97 Å². The summed E-state index contributed by atoms with van der Waals surface area (Å²) in [7, 11) is 0. The third-order valence-electron chi connectivity index (χ3n) is 2.94. The summed E-state index contributed by atoms with van der Waals surface area (Å²) in [5.74, 6) is -0.821. The van der Waals surface area contributed by atoms with E-state index in [-0.39, 0.29) is 12.5 Å². The summed E-state index contributed by atoms with van der Waals surface area (Å²) in [4.78, 5) is 24.1. The summed E-state index contributed by atoms with van der Waals surface area (Å²) in [6.45, 7) is 3.58. The highest BCUT2D eigenvalue weighted by Crippen LogP contribution is 2.35. The third kappa shape index (κ3) is 3.87. The van der Waals surface area contributed by atoms with Crippen LogP contribution in [0.2, 0.25) is 5.02 Å². The van der Waals surface area contributed by atoms with Crippen molar-refractivity contribution in [1.29, 1.82) is 0 Å². The van der Waals surface area contributed by atoms with Gasteiger partial charge in [0.1, 0.15) is 6.04 Å². The maximum atomic E-state index is 11.8. The second kappa shape index (κ2) is 7.42. The van der Waals surface area contributed by atoms with Gasteiger partial charge in [0.25, 0.3) is 0 Å². The van der Waals surface area contributed by atoms with Gasteiger partial charge in [-0.15, -0.1) is 11.3 Å². The van der Waals surface area contributed by atoms with Crippen LogP contribution in [-0.4, -0.2) is 24.5 Å². The van der Waals surface area contributed by atoms with Gasteiger partial charge in [-0.1, -0.05) is 29.8 Å². The lowest BCUT2D eigenvalue weighted by Crippen LogP contribution is -2.38. The van der Waals surface area contributed by atoms with Gasteiger partial charge in [0.05, 0.1) is 11.6 Å². The van der Waals surface area contributed by atoms with Crippen molar-refractivity contribution in [3.05, 3.63) is 40.2 Å². The number of carbonyl (C=O) groups excluding carboxylic acids is 2. The molecule has 1 aromatic heterocycles. The highest BCUT2D eigenvalue weighted by Gasteiger charge is 2.15. The van der Waals surface area contributed by atoms with E-state index in [0.717, 1.165) is 15.0 Å². The van der Waals surface area contributed by atoms with Crippen LogP contribution in [-0.2, 0) is 14.3 Å². The molecule has 0 bridgehead atoms. The Morgan fingerprint density at radius 3 is 2.82 bits per heavy atom. The van der Waals surface area contributed by atoms with Crippen molar-refractivity contribution in [2.45, 2.75) is 19.9 Å². The lowest BCUT2D eigenvalue weighted by atomic mass is 10.2. The maximum Gasteiger partial charge on any atom is 0.328 e. The fraction of sp³-hybridized carbons (Fsp3) is 0.250. The van der Waals surface area contributed by atoms with Crippen molar-refractivity contribution in [2.24, 2.45) is 0 Å². The second-order valence-corrected chi connectivity index (χ2v) is 6.05. The molecule has 6 heteroatoms. The van der Waals surface area contributed by atoms with Crippen LogP contribution in [0.5, 0.6) is 0 Å². The van der Waals surface area contributed by atoms with Crippen LogP contribution in [0.4, 0.5) is 0 Å². The van der Waals surface area contributed by atoms with E-state index in [1.54, 1.807) is 19.9 Å². The van der Waals surface area contributed by atoms with Crippen molar-refractivity contribution in [3.8, 4) is 0 Å². The van der Waals surface area contributed by atoms with E-state index in [1.807, 2.05) is 24.3 Å². The molecule has 0 aliphatic carbocycles. The quantitative estimate of drug-likeness (QED) is 0.669. The molecule has 2 aromatic rings. The molecule has 0 spiro atoms. The first-order valence-corrected chi connectivity index (χ1v) is 8.04. The number of thiophene rings is 1. The summed E-state index contributed by atoms with van der Waals surface area (Å²) in [5, 5.41) is 4.14. The Morgan fingerprint density at radius 2 is 2.14 bits per heavy atom. The summed E-state index contributed by atoms with van der Waals surface area (Å²) >= 11 is 7.80. The zero-order chi connectivity index (χ0) is 16.1. The minimum atomic E-state index is -0.685. The third-order valence-corrected chi connectivity index (χ3v) is 4.60. The Morgan fingerprint density at radius 1 is 1.41 bits per heavy atom. The van der Waals surface area contributed by atoms with Gasteiger partial charge in [0.15, 0.2) is 0 Å². The predicted octanol–water partition coefficient (Wildman–Crippen LogP) is 3.64. The van der Waals surface area contributed by atoms with Gasteiger partial charge in [0, 0.05) is 21.0 Å². The molecule has 1 N–H and O–H groups in total. The van der Waals surface area contributed by atoms with Crippen molar-refractivity contribution >= 4 is 51.0 Å². The number of carbonyl (C=O) groups is 2. The molecule has 0 saturated heterocycles. The number of esters is 1. The van der Waals surface area contributed by atoms with E-state index in [1.165, 1.54) is 17.4 Å².